The Bertz CT molecular complexity index is 1110. The third kappa shape index (κ3) is 4.10. The van der Waals surface area contributed by atoms with E-state index in [2.05, 4.69) is 9.47 Å². The lowest BCUT2D eigenvalue weighted by atomic mass is 9.89. The number of likely N-dealkylation sites (tertiary alicyclic amines) is 1. The van der Waals surface area contributed by atoms with Gasteiger partial charge in [-0.2, -0.15) is 0 Å². The number of nitrogens with zero attached hydrogens (tertiary/aromatic N) is 3. The number of aromatic hydroxyl groups is 1. The number of benzene rings is 2. The Kier molecular flexibility index (Phi) is 5.85. The number of para-hydroxylation sites is 1. The minimum Gasteiger partial charge on any atom is -0.508 e. The van der Waals surface area contributed by atoms with E-state index in [1.807, 2.05) is 30.3 Å². The summed E-state index contributed by atoms with van der Waals surface area (Å²) >= 11 is 0. The molecule has 5 rings (SSSR count). The number of carbonyl (C=O) groups is 1. The highest BCUT2D eigenvalue weighted by Crippen LogP contribution is 2.34. The summed E-state index contributed by atoms with van der Waals surface area (Å²) in [6.07, 6.45) is 3.26. The van der Waals surface area contributed by atoms with Gasteiger partial charge in [-0.25, -0.2) is 9.78 Å². The van der Waals surface area contributed by atoms with Crippen molar-refractivity contribution < 1.29 is 19.4 Å². The maximum atomic E-state index is 12.1. The number of hydrogen-bond acceptors (Lipinski definition) is 6. The summed E-state index contributed by atoms with van der Waals surface area (Å²) in [4.78, 5) is 19.4. The van der Waals surface area contributed by atoms with Gasteiger partial charge in [0.25, 0.3) is 0 Å². The Morgan fingerprint density at radius 2 is 1.97 bits per heavy atom. The topological polar surface area (TPSA) is 76.8 Å². The van der Waals surface area contributed by atoms with Crippen molar-refractivity contribution in [2.24, 2.45) is 0 Å². The van der Waals surface area contributed by atoms with E-state index in [1.54, 1.807) is 12.1 Å². The maximum absolute atomic E-state index is 12.1. The monoisotopic (exact) mass is 435 g/mol. The van der Waals surface area contributed by atoms with E-state index < -0.39 is 0 Å². The summed E-state index contributed by atoms with van der Waals surface area (Å²) in [7, 11) is 1.40. The van der Waals surface area contributed by atoms with Crippen LogP contribution in [-0.4, -0.2) is 58.4 Å². The predicted octanol–water partition coefficient (Wildman–Crippen LogP) is 3.70. The van der Waals surface area contributed by atoms with Gasteiger partial charge in [0, 0.05) is 6.61 Å². The molecule has 3 aromatic rings. The van der Waals surface area contributed by atoms with Crippen LogP contribution in [0.5, 0.6) is 5.75 Å². The number of imidazole rings is 1. The molecule has 32 heavy (non-hydrogen) atoms. The quantitative estimate of drug-likeness (QED) is 0.595. The van der Waals surface area contributed by atoms with E-state index in [9.17, 15) is 9.90 Å². The molecule has 2 saturated heterocycles. The zero-order valence-electron chi connectivity index (χ0n) is 18.4. The van der Waals surface area contributed by atoms with Crippen LogP contribution >= 0.6 is 0 Å². The second-order valence-corrected chi connectivity index (χ2v) is 8.72. The Hall–Kier alpha value is -2.90. The van der Waals surface area contributed by atoms with Crippen LogP contribution < -0.4 is 0 Å². The first-order chi connectivity index (χ1) is 15.6. The van der Waals surface area contributed by atoms with Crippen LogP contribution in [-0.2, 0) is 22.6 Å². The molecule has 0 unspecified atom stereocenters. The second-order valence-electron chi connectivity index (χ2n) is 8.72. The molecule has 1 N–H and O–H groups in total. The lowest BCUT2D eigenvalue weighted by molar-refractivity contribution is -0.0592. The number of ether oxygens (including phenoxy) is 2. The minimum absolute atomic E-state index is 0.194. The number of phenols is 1. The lowest BCUT2D eigenvalue weighted by Gasteiger charge is -2.33. The predicted molar refractivity (Wildman–Crippen MR) is 121 cm³/mol. The van der Waals surface area contributed by atoms with E-state index in [1.165, 1.54) is 7.11 Å². The number of fused-ring (bicyclic) bond motifs is 1. The van der Waals surface area contributed by atoms with Gasteiger partial charge >= 0.3 is 5.97 Å². The average molecular weight is 436 g/mol. The molecule has 0 aliphatic carbocycles. The summed E-state index contributed by atoms with van der Waals surface area (Å²) in [5, 5.41) is 10.2. The highest BCUT2D eigenvalue weighted by Gasteiger charge is 2.26. The van der Waals surface area contributed by atoms with E-state index in [0.717, 1.165) is 74.5 Å². The van der Waals surface area contributed by atoms with Gasteiger partial charge < -0.3 is 19.1 Å². The van der Waals surface area contributed by atoms with Crippen LogP contribution in [0.1, 0.15) is 46.9 Å². The fourth-order valence-corrected chi connectivity index (χ4v) is 4.81. The molecule has 2 aromatic carbocycles. The van der Waals surface area contributed by atoms with Crippen molar-refractivity contribution in [3.8, 4) is 5.75 Å². The maximum Gasteiger partial charge on any atom is 0.337 e. The summed E-state index contributed by atoms with van der Waals surface area (Å²) in [5.74, 6) is 1.44. The fourth-order valence-electron chi connectivity index (χ4n) is 4.81. The average Bonchev–Trinajstić information content (AvgIpc) is 3.12. The fraction of sp³-hybridized carbons (Fsp3) is 0.440. The van der Waals surface area contributed by atoms with Gasteiger partial charge in [0.15, 0.2) is 0 Å². The first-order valence-corrected chi connectivity index (χ1v) is 11.3. The molecule has 7 nitrogen and oxygen atoms in total. The van der Waals surface area contributed by atoms with Crippen molar-refractivity contribution in [1.29, 1.82) is 0 Å². The molecule has 1 atom stereocenters. The molecule has 3 heterocycles. The minimum atomic E-state index is -0.340. The number of methoxy groups -OCH3 is 1. The Labute approximate surface area is 187 Å². The molecule has 168 valence electrons. The molecule has 0 saturated carbocycles. The number of rotatable bonds is 6. The van der Waals surface area contributed by atoms with Gasteiger partial charge in [0.05, 0.1) is 42.9 Å². The standard InChI is InChI=1S/C25H29N3O4/c1-31-25(30)18-6-7-21-22(14-18)28(15-19-10-13-32-19)24(26-21)16-27-11-8-17(9-12-27)20-4-2-3-5-23(20)29/h2-7,14,17,19,29H,8-13,15-16H2,1H3/t19-/m0/s1. The first kappa shape index (κ1) is 21.0. The molecule has 0 radical (unpaired) electrons. The van der Waals surface area contributed by atoms with Crippen molar-refractivity contribution in [3.05, 3.63) is 59.4 Å². The summed E-state index contributed by atoms with van der Waals surface area (Å²) < 4.78 is 12.8. The van der Waals surface area contributed by atoms with Crippen LogP contribution in [0.4, 0.5) is 0 Å². The van der Waals surface area contributed by atoms with E-state index in [-0.39, 0.29) is 12.1 Å². The van der Waals surface area contributed by atoms with Crippen molar-refractivity contribution in [1.82, 2.24) is 14.5 Å². The van der Waals surface area contributed by atoms with Crippen LogP contribution in [0, 0.1) is 0 Å². The van der Waals surface area contributed by atoms with Crippen molar-refractivity contribution >= 4 is 17.0 Å². The van der Waals surface area contributed by atoms with Gasteiger partial charge in [-0.15, -0.1) is 0 Å². The number of phenolic OH excluding ortho intramolecular Hbond substituents is 1. The molecule has 0 spiro atoms. The van der Waals surface area contributed by atoms with Gasteiger partial charge in [-0.05, 0) is 68.1 Å². The molecule has 2 aliphatic heterocycles. The smallest absolute Gasteiger partial charge is 0.337 e. The zero-order valence-corrected chi connectivity index (χ0v) is 18.4. The largest absolute Gasteiger partial charge is 0.508 e. The molecule has 1 aromatic heterocycles. The SMILES string of the molecule is COC(=O)c1ccc2nc(CN3CCC(c4ccccc4O)CC3)n(C[C@@H]3CCO3)c2c1. The Balaban J connectivity index is 1.36. The third-order valence-corrected chi connectivity index (χ3v) is 6.76. The molecule has 2 fully saturated rings. The van der Waals surface area contributed by atoms with Gasteiger partial charge in [-0.1, -0.05) is 18.2 Å². The van der Waals surface area contributed by atoms with Gasteiger partial charge in [0.1, 0.15) is 11.6 Å². The molecule has 0 amide bonds. The summed E-state index contributed by atoms with van der Waals surface area (Å²) in [6, 6.07) is 13.2. The molecular weight excluding hydrogens is 406 g/mol. The number of hydrogen-bond donors (Lipinski definition) is 1. The van der Waals surface area contributed by atoms with Crippen LogP contribution in [0.25, 0.3) is 11.0 Å². The third-order valence-electron chi connectivity index (χ3n) is 6.76. The number of carbonyl (C=O) groups excluding carboxylic acids is 1. The summed E-state index contributed by atoms with van der Waals surface area (Å²) in [5.41, 5.74) is 3.42. The zero-order chi connectivity index (χ0) is 22.1. The van der Waals surface area contributed by atoms with Crippen LogP contribution in [0.3, 0.4) is 0 Å². The molecule has 7 heteroatoms. The lowest BCUT2D eigenvalue weighted by Crippen LogP contribution is -2.35. The first-order valence-electron chi connectivity index (χ1n) is 11.3. The number of aromatic nitrogens is 2. The van der Waals surface area contributed by atoms with Gasteiger partial charge in [-0.3, -0.25) is 4.90 Å². The Morgan fingerprint density at radius 1 is 1.19 bits per heavy atom. The van der Waals surface area contributed by atoms with Crippen LogP contribution in [0.2, 0.25) is 0 Å². The van der Waals surface area contributed by atoms with Crippen LogP contribution in [0.15, 0.2) is 42.5 Å². The van der Waals surface area contributed by atoms with E-state index >= 15 is 0 Å². The normalized spacial score (nSPS) is 19.7. The van der Waals surface area contributed by atoms with E-state index in [4.69, 9.17) is 14.5 Å². The molecule has 2 aliphatic rings. The van der Waals surface area contributed by atoms with Crippen molar-refractivity contribution in [3.63, 3.8) is 0 Å². The number of piperidine rings is 1. The Morgan fingerprint density at radius 3 is 2.66 bits per heavy atom. The molecule has 0 bridgehead atoms. The van der Waals surface area contributed by atoms with Crippen molar-refractivity contribution in [2.45, 2.75) is 44.4 Å². The highest BCUT2D eigenvalue weighted by atomic mass is 16.5. The summed E-state index contributed by atoms with van der Waals surface area (Å²) in [6.45, 7) is 4.21. The highest BCUT2D eigenvalue weighted by molar-refractivity contribution is 5.93. The number of esters is 1. The van der Waals surface area contributed by atoms with Gasteiger partial charge in [0.2, 0.25) is 0 Å². The molecular formula is C25H29N3O4. The van der Waals surface area contributed by atoms with E-state index in [0.29, 0.717) is 17.2 Å². The second kappa shape index (κ2) is 8.92. The van der Waals surface area contributed by atoms with Crippen molar-refractivity contribution in [2.75, 3.05) is 26.8 Å².